The lowest BCUT2D eigenvalue weighted by Crippen LogP contribution is -2.03. The molecule has 1 saturated carbocycles. The van der Waals surface area contributed by atoms with Gasteiger partial charge in [0.1, 0.15) is 5.82 Å². The molecule has 1 aliphatic carbocycles. The number of benzene rings is 1. The lowest BCUT2D eigenvalue weighted by atomic mass is 10.1. The minimum atomic E-state index is -0.216. The van der Waals surface area contributed by atoms with Crippen molar-refractivity contribution < 1.29 is 4.39 Å². The Morgan fingerprint density at radius 1 is 1.42 bits per heavy atom. The SMILES string of the molecule is CCCNc1cc(C2CC2)nc2c(Br)ccc(F)c12. The predicted octanol–water partition coefficient (Wildman–Crippen LogP) is 4.84. The molecule has 0 aliphatic heterocycles. The van der Waals surface area contributed by atoms with Gasteiger partial charge >= 0.3 is 0 Å². The molecule has 0 radical (unpaired) electrons. The minimum absolute atomic E-state index is 0.216. The van der Waals surface area contributed by atoms with Crippen molar-refractivity contribution in [2.75, 3.05) is 11.9 Å². The Labute approximate surface area is 120 Å². The van der Waals surface area contributed by atoms with E-state index in [4.69, 9.17) is 0 Å². The normalized spacial score (nSPS) is 14.9. The van der Waals surface area contributed by atoms with Gasteiger partial charge in [-0.3, -0.25) is 4.98 Å². The Morgan fingerprint density at radius 2 is 2.21 bits per heavy atom. The molecule has 1 heterocycles. The summed E-state index contributed by atoms with van der Waals surface area (Å²) in [5.41, 5.74) is 2.67. The van der Waals surface area contributed by atoms with E-state index in [0.29, 0.717) is 11.3 Å². The van der Waals surface area contributed by atoms with Crippen molar-refractivity contribution in [3.63, 3.8) is 0 Å². The highest BCUT2D eigenvalue weighted by Gasteiger charge is 2.26. The lowest BCUT2D eigenvalue weighted by Gasteiger charge is -2.12. The Kier molecular flexibility index (Phi) is 3.44. The first-order chi connectivity index (χ1) is 9.20. The summed E-state index contributed by atoms with van der Waals surface area (Å²) in [6.07, 6.45) is 3.40. The number of halogens is 2. The number of hydrogen-bond donors (Lipinski definition) is 1. The molecular formula is C15H16BrFN2. The van der Waals surface area contributed by atoms with Crippen molar-refractivity contribution in [1.82, 2.24) is 4.98 Å². The summed E-state index contributed by atoms with van der Waals surface area (Å²) >= 11 is 3.48. The molecule has 4 heteroatoms. The summed E-state index contributed by atoms with van der Waals surface area (Å²) < 4.78 is 15.0. The van der Waals surface area contributed by atoms with Gasteiger partial charge < -0.3 is 5.32 Å². The fourth-order valence-electron chi connectivity index (χ4n) is 2.28. The van der Waals surface area contributed by atoms with E-state index in [0.717, 1.165) is 34.3 Å². The van der Waals surface area contributed by atoms with E-state index < -0.39 is 0 Å². The smallest absolute Gasteiger partial charge is 0.134 e. The van der Waals surface area contributed by atoms with Gasteiger partial charge in [-0.1, -0.05) is 6.92 Å². The van der Waals surface area contributed by atoms with Gasteiger partial charge in [0.25, 0.3) is 0 Å². The first-order valence-electron chi connectivity index (χ1n) is 6.73. The van der Waals surface area contributed by atoms with Crippen LogP contribution >= 0.6 is 15.9 Å². The molecular weight excluding hydrogens is 307 g/mol. The van der Waals surface area contributed by atoms with Crippen LogP contribution in [0.2, 0.25) is 0 Å². The first-order valence-corrected chi connectivity index (χ1v) is 7.52. The molecule has 0 spiro atoms. The van der Waals surface area contributed by atoms with Gasteiger partial charge in [0.05, 0.1) is 10.9 Å². The Morgan fingerprint density at radius 3 is 2.89 bits per heavy atom. The third-order valence-corrected chi connectivity index (χ3v) is 4.08. The maximum Gasteiger partial charge on any atom is 0.134 e. The number of pyridine rings is 1. The third kappa shape index (κ3) is 2.46. The van der Waals surface area contributed by atoms with Gasteiger partial charge in [-0.15, -0.1) is 0 Å². The highest BCUT2D eigenvalue weighted by molar-refractivity contribution is 9.10. The van der Waals surface area contributed by atoms with Crippen molar-refractivity contribution in [2.24, 2.45) is 0 Å². The second-order valence-corrected chi connectivity index (χ2v) is 5.90. The van der Waals surface area contributed by atoms with Crippen LogP contribution in [0.15, 0.2) is 22.7 Å². The third-order valence-electron chi connectivity index (χ3n) is 3.44. The minimum Gasteiger partial charge on any atom is -0.384 e. The van der Waals surface area contributed by atoms with Gasteiger partial charge in [-0.05, 0) is 53.4 Å². The van der Waals surface area contributed by atoms with E-state index in [9.17, 15) is 4.39 Å². The average molecular weight is 323 g/mol. The summed E-state index contributed by atoms with van der Waals surface area (Å²) in [5, 5.41) is 3.92. The molecule has 1 N–H and O–H groups in total. The molecule has 3 rings (SSSR count). The van der Waals surface area contributed by atoms with Crippen LogP contribution in [-0.2, 0) is 0 Å². The summed E-state index contributed by atoms with van der Waals surface area (Å²) in [4.78, 5) is 4.64. The molecule has 1 fully saturated rings. The molecule has 2 aromatic rings. The number of aromatic nitrogens is 1. The van der Waals surface area contributed by atoms with Crippen molar-refractivity contribution in [2.45, 2.75) is 32.1 Å². The van der Waals surface area contributed by atoms with Crippen LogP contribution in [-0.4, -0.2) is 11.5 Å². The Bertz CT molecular complexity index is 623. The molecule has 0 amide bonds. The monoisotopic (exact) mass is 322 g/mol. The molecule has 1 aromatic carbocycles. The zero-order valence-electron chi connectivity index (χ0n) is 10.8. The van der Waals surface area contributed by atoms with Crippen molar-refractivity contribution in [3.8, 4) is 0 Å². The maximum absolute atomic E-state index is 14.1. The Hall–Kier alpha value is -1.16. The maximum atomic E-state index is 14.1. The van der Waals surface area contributed by atoms with E-state index >= 15 is 0 Å². The fourth-order valence-corrected chi connectivity index (χ4v) is 2.69. The summed E-state index contributed by atoms with van der Waals surface area (Å²) in [6.45, 7) is 2.94. The number of anilines is 1. The fraction of sp³-hybridized carbons (Fsp3) is 0.400. The van der Waals surface area contributed by atoms with Gasteiger partial charge in [0, 0.05) is 28.3 Å². The van der Waals surface area contributed by atoms with Crippen LogP contribution in [0.3, 0.4) is 0 Å². The summed E-state index contributed by atoms with van der Waals surface area (Å²) in [5.74, 6) is 0.341. The zero-order chi connectivity index (χ0) is 13.4. The highest BCUT2D eigenvalue weighted by atomic mass is 79.9. The van der Waals surface area contributed by atoms with Crippen LogP contribution in [0, 0.1) is 5.82 Å². The molecule has 0 atom stereocenters. The van der Waals surface area contributed by atoms with Crippen molar-refractivity contribution in [3.05, 3.63) is 34.2 Å². The topological polar surface area (TPSA) is 24.9 Å². The van der Waals surface area contributed by atoms with E-state index in [1.54, 1.807) is 6.07 Å². The highest BCUT2D eigenvalue weighted by Crippen LogP contribution is 2.42. The van der Waals surface area contributed by atoms with Crippen molar-refractivity contribution in [1.29, 1.82) is 0 Å². The van der Waals surface area contributed by atoms with Gasteiger partial charge in [-0.2, -0.15) is 0 Å². The lowest BCUT2D eigenvalue weighted by molar-refractivity contribution is 0.639. The molecule has 2 nitrogen and oxygen atoms in total. The number of nitrogens with zero attached hydrogens (tertiary/aromatic N) is 1. The number of fused-ring (bicyclic) bond motifs is 1. The molecule has 100 valence electrons. The first kappa shape index (κ1) is 12.9. The second-order valence-electron chi connectivity index (χ2n) is 5.05. The average Bonchev–Trinajstić information content (AvgIpc) is 3.24. The standard InChI is InChI=1S/C15H16BrFN2/c1-2-7-18-13-8-12(9-3-4-9)19-15-10(16)5-6-11(17)14(13)15/h5-6,8-9H,2-4,7H2,1H3,(H,18,19). The van der Waals surface area contributed by atoms with Crippen LogP contribution in [0.4, 0.5) is 10.1 Å². The van der Waals surface area contributed by atoms with E-state index in [1.165, 1.54) is 18.9 Å². The van der Waals surface area contributed by atoms with E-state index in [-0.39, 0.29) is 5.82 Å². The zero-order valence-corrected chi connectivity index (χ0v) is 12.4. The molecule has 0 bridgehead atoms. The van der Waals surface area contributed by atoms with Crippen LogP contribution in [0.5, 0.6) is 0 Å². The van der Waals surface area contributed by atoms with E-state index in [2.05, 4.69) is 33.2 Å². The summed E-state index contributed by atoms with van der Waals surface area (Å²) in [7, 11) is 0. The predicted molar refractivity (Wildman–Crippen MR) is 80.2 cm³/mol. The van der Waals surface area contributed by atoms with Crippen LogP contribution in [0.25, 0.3) is 10.9 Å². The second kappa shape index (κ2) is 5.08. The quantitative estimate of drug-likeness (QED) is 0.871. The molecule has 0 saturated heterocycles. The molecule has 0 unspecified atom stereocenters. The van der Waals surface area contributed by atoms with Crippen LogP contribution in [0.1, 0.15) is 37.8 Å². The van der Waals surface area contributed by atoms with Gasteiger partial charge in [-0.25, -0.2) is 4.39 Å². The number of rotatable bonds is 4. The Balaban J connectivity index is 2.20. The van der Waals surface area contributed by atoms with Gasteiger partial charge in [0.2, 0.25) is 0 Å². The van der Waals surface area contributed by atoms with Crippen LogP contribution < -0.4 is 5.32 Å². The number of nitrogens with one attached hydrogen (secondary N) is 1. The van der Waals surface area contributed by atoms with E-state index in [1.807, 2.05) is 6.07 Å². The number of hydrogen-bond acceptors (Lipinski definition) is 2. The molecule has 19 heavy (non-hydrogen) atoms. The summed E-state index contributed by atoms with van der Waals surface area (Å²) in [6, 6.07) is 5.23. The van der Waals surface area contributed by atoms with Crippen molar-refractivity contribution >= 4 is 32.5 Å². The molecule has 1 aromatic heterocycles. The largest absolute Gasteiger partial charge is 0.384 e. The molecule has 1 aliphatic rings. The van der Waals surface area contributed by atoms with Gasteiger partial charge in [0.15, 0.2) is 0 Å².